The number of pyridine rings is 1. The number of rotatable bonds is 4. The average Bonchev–Trinajstić information content (AvgIpc) is 3.39. The molecule has 1 aromatic carbocycles. The van der Waals surface area contributed by atoms with Crippen molar-refractivity contribution in [3.8, 4) is 33.6 Å². The van der Waals surface area contributed by atoms with E-state index in [9.17, 15) is 4.79 Å². The second kappa shape index (κ2) is 6.91. The number of nitrogens with two attached hydrogens (primary N) is 1. The van der Waals surface area contributed by atoms with Gasteiger partial charge in [0.1, 0.15) is 11.8 Å². The maximum absolute atomic E-state index is 11.8. The molecule has 0 unspecified atom stereocenters. The van der Waals surface area contributed by atoms with Crippen LogP contribution in [0.5, 0.6) is 0 Å². The lowest BCUT2D eigenvalue weighted by Crippen LogP contribution is -2.13. The Morgan fingerprint density at radius 3 is 2.62 bits per heavy atom. The molecule has 4 heterocycles. The van der Waals surface area contributed by atoms with Gasteiger partial charge in [-0.3, -0.25) is 9.48 Å². The summed E-state index contributed by atoms with van der Waals surface area (Å²) in [7, 11) is 1.76. The Morgan fingerprint density at radius 1 is 0.969 bits per heavy atom. The van der Waals surface area contributed by atoms with E-state index in [0.29, 0.717) is 11.9 Å². The lowest BCUT2D eigenvalue weighted by atomic mass is 10.0. The fraction of sp³-hybridized carbons (Fsp3) is 0.167. The molecule has 1 aliphatic rings. The molecule has 0 saturated heterocycles. The molecule has 0 radical (unpaired) electrons. The highest BCUT2D eigenvalue weighted by Crippen LogP contribution is 2.41. The standard InChI is InChI=1S/C24H21N7O/c1-29-13-17(5-8-22(29)32)15-3-2-4-16(11-15)21-12-19(23-24(25)26-14-28-31(21)23)20-9-10-27-30(20)18-6-7-18/h2-5,8-14,18H,6-7H2,1H3,(H2,25,26,28). The Labute approximate surface area is 183 Å². The first-order chi connectivity index (χ1) is 15.6. The smallest absolute Gasteiger partial charge is 0.250 e. The zero-order valence-electron chi connectivity index (χ0n) is 17.5. The molecule has 8 nitrogen and oxygen atoms in total. The number of nitrogens with zero attached hydrogens (tertiary/aromatic N) is 6. The van der Waals surface area contributed by atoms with Gasteiger partial charge < -0.3 is 10.3 Å². The number of nitrogen functional groups attached to an aromatic ring is 1. The molecule has 1 fully saturated rings. The van der Waals surface area contributed by atoms with Crippen molar-refractivity contribution in [1.82, 2.24) is 28.9 Å². The number of hydrogen-bond acceptors (Lipinski definition) is 5. The van der Waals surface area contributed by atoms with Crippen LogP contribution in [0, 0.1) is 0 Å². The van der Waals surface area contributed by atoms with Gasteiger partial charge in [0.25, 0.3) is 0 Å². The highest BCUT2D eigenvalue weighted by Gasteiger charge is 2.28. The Kier molecular flexibility index (Phi) is 4.01. The van der Waals surface area contributed by atoms with Crippen LogP contribution in [0.4, 0.5) is 5.82 Å². The van der Waals surface area contributed by atoms with Crippen LogP contribution >= 0.6 is 0 Å². The van der Waals surface area contributed by atoms with Crippen LogP contribution in [0.25, 0.3) is 39.2 Å². The number of anilines is 1. The molecule has 0 bridgehead atoms. The van der Waals surface area contributed by atoms with Gasteiger partial charge >= 0.3 is 0 Å². The van der Waals surface area contributed by atoms with Crippen molar-refractivity contribution in [2.75, 3.05) is 5.73 Å². The van der Waals surface area contributed by atoms with Gasteiger partial charge in [0.15, 0.2) is 5.82 Å². The van der Waals surface area contributed by atoms with Gasteiger partial charge in [-0.25, -0.2) is 9.50 Å². The average molecular weight is 423 g/mol. The predicted molar refractivity (Wildman–Crippen MR) is 123 cm³/mol. The molecule has 6 rings (SSSR count). The summed E-state index contributed by atoms with van der Waals surface area (Å²) in [6, 6.07) is 16.2. The maximum Gasteiger partial charge on any atom is 0.250 e. The van der Waals surface area contributed by atoms with Crippen LogP contribution < -0.4 is 11.3 Å². The van der Waals surface area contributed by atoms with Crippen molar-refractivity contribution in [2.45, 2.75) is 18.9 Å². The minimum atomic E-state index is -0.0356. The largest absolute Gasteiger partial charge is 0.382 e. The topological polar surface area (TPSA) is 96.0 Å². The van der Waals surface area contributed by atoms with Crippen molar-refractivity contribution in [3.63, 3.8) is 0 Å². The third-order valence-electron chi connectivity index (χ3n) is 6.00. The van der Waals surface area contributed by atoms with E-state index in [1.165, 1.54) is 6.33 Å². The number of aromatic nitrogens is 6. The third kappa shape index (κ3) is 2.91. The Balaban J connectivity index is 1.55. The summed E-state index contributed by atoms with van der Waals surface area (Å²) in [4.78, 5) is 16.0. The monoisotopic (exact) mass is 423 g/mol. The molecule has 0 atom stereocenters. The molecule has 1 aliphatic carbocycles. The molecule has 32 heavy (non-hydrogen) atoms. The summed E-state index contributed by atoms with van der Waals surface area (Å²) in [6.07, 6.45) is 7.43. The van der Waals surface area contributed by atoms with Crippen LogP contribution in [-0.4, -0.2) is 28.9 Å². The van der Waals surface area contributed by atoms with Gasteiger partial charge in [0, 0.05) is 36.6 Å². The number of fused-ring (bicyclic) bond motifs is 1. The minimum Gasteiger partial charge on any atom is -0.382 e. The summed E-state index contributed by atoms with van der Waals surface area (Å²) in [5, 5.41) is 9.06. The summed E-state index contributed by atoms with van der Waals surface area (Å²) in [5.74, 6) is 0.430. The van der Waals surface area contributed by atoms with Gasteiger partial charge in [-0.2, -0.15) is 10.2 Å². The second-order valence-corrected chi connectivity index (χ2v) is 8.19. The lowest BCUT2D eigenvalue weighted by molar-refractivity contribution is 0.649. The number of aryl methyl sites for hydroxylation is 1. The SMILES string of the molecule is Cn1cc(-c2cccc(-c3cc(-c4ccnn4C4CC4)c4c(N)ncnn34)c2)ccc1=O. The van der Waals surface area contributed by atoms with Crippen LogP contribution in [0.1, 0.15) is 18.9 Å². The fourth-order valence-electron chi connectivity index (χ4n) is 4.23. The summed E-state index contributed by atoms with van der Waals surface area (Å²) in [5.41, 5.74) is 12.9. The Morgan fingerprint density at radius 2 is 1.81 bits per heavy atom. The second-order valence-electron chi connectivity index (χ2n) is 8.19. The first-order valence-corrected chi connectivity index (χ1v) is 10.5. The lowest BCUT2D eigenvalue weighted by Gasteiger charge is -2.07. The molecule has 0 amide bonds. The van der Waals surface area contributed by atoms with E-state index in [0.717, 1.165) is 52.0 Å². The van der Waals surface area contributed by atoms with E-state index >= 15 is 0 Å². The van der Waals surface area contributed by atoms with Gasteiger partial charge in [-0.05, 0) is 48.2 Å². The molecule has 4 aromatic heterocycles. The molecule has 2 N–H and O–H groups in total. The predicted octanol–water partition coefficient (Wildman–Crippen LogP) is 3.54. The number of benzene rings is 1. The molecule has 0 aliphatic heterocycles. The highest BCUT2D eigenvalue weighted by molar-refractivity contribution is 5.91. The van der Waals surface area contributed by atoms with Gasteiger partial charge in [0.05, 0.1) is 17.4 Å². The maximum atomic E-state index is 11.8. The first-order valence-electron chi connectivity index (χ1n) is 10.5. The van der Waals surface area contributed by atoms with Crippen molar-refractivity contribution >= 4 is 11.3 Å². The summed E-state index contributed by atoms with van der Waals surface area (Å²) < 4.78 is 5.51. The first kappa shape index (κ1) is 18.6. The molecule has 5 aromatic rings. The Bertz CT molecular complexity index is 1540. The fourth-order valence-corrected chi connectivity index (χ4v) is 4.23. The summed E-state index contributed by atoms with van der Waals surface area (Å²) in [6.45, 7) is 0. The van der Waals surface area contributed by atoms with Crippen molar-refractivity contribution in [1.29, 1.82) is 0 Å². The van der Waals surface area contributed by atoms with Gasteiger partial charge in [0.2, 0.25) is 5.56 Å². The molecular formula is C24H21N7O. The number of hydrogen-bond donors (Lipinski definition) is 1. The highest BCUT2D eigenvalue weighted by atomic mass is 16.1. The van der Waals surface area contributed by atoms with Gasteiger partial charge in [-0.1, -0.05) is 18.2 Å². The molecule has 0 spiro atoms. The van der Waals surface area contributed by atoms with E-state index in [1.54, 1.807) is 17.7 Å². The van der Waals surface area contributed by atoms with Crippen LogP contribution in [0.3, 0.4) is 0 Å². The van der Waals surface area contributed by atoms with E-state index in [2.05, 4.69) is 32.0 Å². The van der Waals surface area contributed by atoms with Crippen LogP contribution in [-0.2, 0) is 7.05 Å². The normalized spacial score (nSPS) is 13.7. The van der Waals surface area contributed by atoms with Crippen LogP contribution in [0.2, 0.25) is 0 Å². The van der Waals surface area contributed by atoms with Gasteiger partial charge in [-0.15, -0.1) is 0 Å². The molecule has 158 valence electrons. The Hall–Kier alpha value is -4.20. The van der Waals surface area contributed by atoms with Crippen LogP contribution in [0.15, 0.2) is 72.0 Å². The minimum absolute atomic E-state index is 0.0356. The molecule has 1 saturated carbocycles. The van der Waals surface area contributed by atoms with Crippen molar-refractivity contribution in [2.24, 2.45) is 7.05 Å². The van der Waals surface area contributed by atoms with Crippen molar-refractivity contribution < 1.29 is 0 Å². The van der Waals surface area contributed by atoms with E-state index < -0.39 is 0 Å². The molecule has 8 heteroatoms. The van der Waals surface area contributed by atoms with E-state index in [1.807, 2.05) is 47.2 Å². The van der Waals surface area contributed by atoms with E-state index in [4.69, 9.17) is 5.73 Å². The summed E-state index contributed by atoms with van der Waals surface area (Å²) >= 11 is 0. The quantitative estimate of drug-likeness (QED) is 0.477. The third-order valence-corrected chi connectivity index (χ3v) is 6.00. The molecular weight excluding hydrogens is 402 g/mol. The van der Waals surface area contributed by atoms with E-state index in [-0.39, 0.29) is 5.56 Å². The zero-order valence-corrected chi connectivity index (χ0v) is 17.5. The zero-order chi connectivity index (χ0) is 21.8. The van der Waals surface area contributed by atoms with Crippen molar-refractivity contribution in [3.05, 3.63) is 77.6 Å².